The minimum Gasteiger partial charge on any atom is -0.289 e. The summed E-state index contributed by atoms with van der Waals surface area (Å²) >= 11 is 2.83. The Balaban J connectivity index is 2.45. The summed E-state index contributed by atoms with van der Waals surface area (Å²) in [5.41, 5.74) is -0.649. The Morgan fingerprint density at radius 1 is 1.16 bits per heavy atom. The van der Waals surface area contributed by atoms with E-state index < -0.39 is 17.5 Å². The molecule has 98 valence electrons. The van der Waals surface area contributed by atoms with Crippen LogP contribution in [0.15, 0.2) is 47.2 Å². The van der Waals surface area contributed by atoms with E-state index in [0.29, 0.717) is 0 Å². The first-order chi connectivity index (χ1) is 8.89. The molecule has 0 amide bonds. The lowest BCUT2D eigenvalue weighted by atomic mass is 10.0. The summed E-state index contributed by atoms with van der Waals surface area (Å²) in [5.74, 6) is -0.494. The lowest BCUT2D eigenvalue weighted by Crippen LogP contribution is -2.09. The number of hydrogen-bond acceptors (Lipinski definition) is 2. The third-order valence-corrected chi connectivity index (χ3v) is 3.15. The van der Waals surface area contributed by atoms with Crippen LogP contribution in [0.25, 0.3) is 0 Å². The third-order valence-electron chi connectivity index (χ3n) is 2.46. The first-order valence-corrected chi connectivity index (χ1v) is 6.00. The number of carbonyl (C=O) groups is 1. The number of nitrogens with zero attached hydrogens (tertiary/aromatic N) is 1. The maximum atomic E-state index is 12.7. The van der Waals surface area contributed by atoms with Crippen LogP contribution in [0.5, 0.6) is 0 Å². The number of carbonyl (C=O) groups excluding carboxylic acids is 1. The number of hydrogen-bond donors (Lipinski definition) is 0. The second-order valence-electron chi connectivity index (χ2n) is 3.76. The maximum Gasteiger partial charge on any atom is 0.417 e. The molecule has 0 saturated carbocycles. The normalized spacial score (nSPS) is 11.4. The average molecular weight is 330 g/mol. The first-order valence-electron chi connectivity index (χ1n) is 5.21. The Labute approximate surface area is 115 Å². The van der Waals surface area contributed by atoms with Crippen molar-refractivity contribution in [2.24, 2.45) is 0 Å². The van der Waals surface area contributed by atoms with Crippen LogP contribution in [-0.4, -0.2) is 10.8 Å². The van der Waals surface area contributed by atoms with Crippen LogP contribution in [0.1, 0.15) is 21.5 Å². The molecular weight excluding hydrogens is 323 g/mol. The monoisotopic (exact) mass is 329 g/mol. The minimum absolute atomic E-state index is 0.0245. The van der Waals surface area contributed by atoms with Crippen molar-refractivity contribution in [3.05, 3.63) is 63.9 Å². The molecule has 0 aliphatic carbocycles. The molecule has 0 atom stereocenters. The summed E-state index contributed by atoms with van der Waals surface area (Å²) in [5, 5.41) is 0. The Hall–Kier alpha value is -1.69. The lowest BCUT2D eigenvalue weighted by Gasteiger charge is -2.10. The van der Waals surface area contributed by atoms with Crippen molar-refractivity contribution in [3.63, 3.8) is 0 Å². The average Bonchev–Trinajstić information content (AvgIpc) is 2.38. The maximum absolute atomic E-state index is 12.7. The van der Waals surface area contributed by atoms with E-state index in [0.717, 1.165) is 6.07 Å². The molecule has 0 bridgehead atoms. The van der Waals surface area contributed by atoms with Crippen molar-refractivity contribution in [1.82, 2.24) is 4.98 Å². The molecular formula is C13H7BrF3NO. The van der Waals surface area contributed by atoms with Gasteiger partial charge in [0, 0.05) is 28.0 Å². The number of aromatic nitrogens is 1. The molecule has 6 heteroatoms. The zero-order chi connectivity index (χ0) is 14.0. The quantitative estimate of drug-likeness (QED) is 0.776. The molecule has 1 aromatic carbocycles. The Kier molecular flexibility index (Phi) is 3.71. The van der Waals surface area contributed by atoms with Gasteiger partial charge in [-0.2, -0.15) is 13.2 Å². The highest BCUT2D eigenvalue weighted by Gasteiger charge is 2.33. The van der Waals surface area contributed by atoms with E-state index >= 15 is 0 Å². The van der Waals surface area contributed by atoms with E-state index in [1.807, 2.05) is 0 Å². The second-order valence-corrected chi connectivity index (χ2v) is 4.62. The van der Waals surface area contributed by atoms with Gasteiger partial charge in [0.2, 0.25) is 0 Å². The summed E-state index contributed by atoms with van der Waals surface area (Å²) in [7, 11) is 0. The van der Waals surface area contributed by atoms with Gasteiger partial charge in [0.15, 0.2) is 5.78 Å². The number of benzene rings is 1. The molecule has 0 saturated heterocycles. The van der Waals surface area contributed by atoms with E-state index in [-0.39, 0.29) is 15.6 Å². The number of alkyl halides is 3. The van der Waals surface area contributed by atoms with Crippen LogP contribution in [0, 0.1) is 0 Å². The molecule has 1 aromatic heterocycles. The second kappa shape index (κ2) is 5.13. The third kappa shape index (κ3) is 3.01. The van der Waals surface area contributed by atoms with E-state index in [1.54, 1.807) is 6.07 Å². The van der Waals surface area contributed by atoms with Gasteiger partial charge >= 0.3 is 6.18 Å². The smallest absolute Gasteiger partial charge is 0.289 e. The van der Waals surface area contributed by atoms with Crippen molar-refractivity contribution >= 4 is 21.7 Å². The van der Waals surface area contributed by atoms with Gasteiger partial charge in [-0.15, -0.1) is 0 Å². The van der Waals surface area contributed by atoms with Gasteiger partial charge in [0.05, 0.1) is 5.56 Å². The summed E-state index contributed by atoms with van der Waals surface area (Å²) in [6.45, 7) is 0. The van der Waals surface area contributed by atoms with E-state index in [1.165, 1.54) is 30.6 Å². The summed E-state index contributed by atoms with van der Waals surface area (Å²) in [6.07, 6.45) is -1.71. The van der Waals surface area contributed by atoms with Gasteiger partial charge < -0.3 is 0 Å². The van der Waals surface area contributed by atoms with Crippen LogP contribution in [-0.2, 0) is 6.18 Å². The van der Waals surface area contributed by atoms with Crippen LogP contribution in [0.3, 0.4) is 0 Å². The molecule has 2 rings (SSSR count). The highest BCUT2D eigenvalue weighted by molar-refractivity contribution is 9.10. The van der Waals surface area contributed by atoms with Gasteiger partial charge in [0.25, 0.3) is 0 Å². The van der Waals surface area contributed by atoms with Crippen LogP contribution in [0.4, 0.5) is 13.2 Å². The van der Waals surface area contributed by atoms with Gasteiger partial charge in [0.1, 0.15) is 0 Å². The Morgan fingerprint density at radius 3 is 2.47 bits per heavy atom. The van der Waals surface area contributed by atoms with Gasteiger partial charge in [-0.25, -0.2) is 0 Å². The largest absolute Gasteiger partial charge is 0.417 e. The van der Waals surface area contributed by atoms with Crippen molar-refractivity contribution in [3.8, 4) is 0 Å². The number of rotatable bonds is 2. The summed E-state index contributed by atoms with van der Waals surface area (Å²) in [4.78, 5) is 15.8. The van der Waals surface area contributed by atoms with Crippen LogP contribution < -0.4 is 0 Å². The Bertz CT molecular complexity index is 611. The molecule has 2 nitrogen and oxygen atoms in total. The zero-order valence-electron chi connectivity index (χ0n) is 9.41. The topological polar surface area (TPSA) is 30.0 Å². The van der Waals surface area contributed by atoms with Crippen LogP contribution >= 0.6 is 15.9 Å². The first kappa shape index (κ1) is 13.7. The van der Waals surface area contributed by atoms with E-state index in [4.69, 9.17) is 0 Å². The van der Waals surface area contributed by atoms with Crippen molar-refractivity contribution in [2.75, 3.05) is 0 Å². The molecule has 1 heterocycles. The van der Waals surface area contributed by atoms with E-state index in [2.05, 4.69) is 20.9 Å². The van der Waals surface area contributed by atoms with Crippen LogP contribution in [0.2, 0.25) is 0 Å². The number of halogens is 4. The molecule has 0 N–H and O–H groups in total. The molecule has 0 fully saturated rings. The molecule has 0 radical (unpaired) electrons. The molecule has 0 spiro atoms. The predicted molar refractivity (Wildman–Crippen MR) is 66.8 cm³/mol. The fourth-order valence-corrected chi connectivity index (χ4v) is 2.02. The summed E-state index contributed by atoms with van der Waals surface area (Å²) < 4.78 is 38.1. The number of pyridine rings is 1. The molecule has 0 aliphatic heterocycles. The SMILES string of the molecule is O=C(c1cccnc1)c1ccc(Br)c(C(F)(F)F)c1. The number of ketones is 1. The Morgan fingerprint density at radius 2 is 1.89 bits per heavy atom. The summed E-state index contributed by atoms with van der Waals surface area (Å²) in [6, 6.07) is 6.45. The highest BCUT2D eigenvalue weighted by atomic mass is 79.9. The van der Waals surface area contributed by atoms with Gasteiger partial charge in [-0.3, -0.25) is 9.78 Å². The van der Waals surface area contributed by atoms with Gasteiger partial charge in [-0.05, 0) is 30.3 Å². The van der Waals surface area contributed by atoms with E-state index in [9.17, 15) is 18.0 Å². The minimum atomic E-state index is -4.51. The van der Waals surface area contributed by atoms with Crippen molar-refractivity contribution < 1.29 is 18.0 Å². The predicted octanol–water partition coefficient (Wildman–Crippen LogP) is 4.09. The lowest BCUT2D eigenvalue weighted by molar-refractivity contribution is -0.138. The fraction of sp³-hybridized carbons (Fsp3) is 0.0769. The van der Waals surface area contributed by atoms with Gasteiger partial charge in [-0.1, -0.05) is 15.9 Å². The molecule has 2 aromatic rings. The standard InChI is InChI=1S/C13H7BrF3NO/c14-11-4-3-8(6-10(11)13(15,16)17)12(19)9-2-1-5-18-7-9/h1-7H. The molecule has 19 heavy (non-hydrogen) atoms. The molecule has 0 unspecified atom stereocenters. The van der Waals surface area contributed by atoms with Crippen molar-refractivity contribution in [1.29, 1.82) is 0 Å². The fourth-order valence-electron chi connectivity index (χ4n) is 1.55. The zero-order valence-corrected chi connectivity index (χ0v) is 11.0. The molecule has 0 aliphatic rings. The van der Waals surface area contributed by atoms with Crippen molar-refractivity contribution in [2.45, 2.75) is 6.18 Å². The highest BCUT2D eigenvalue weighted by Crippen LogP contribution is 2.35.